The first kappa shape index (κ1) is 36.3. The number of fused-ring (bicyclic) bond motifs is 2. The molecule has 1 unspecified atom stereocenters. The first-order valence-corrected chi connectivity index (χ1v) is 19.2. The second kappa shape index (κ2) is 14.4. The van der Waals surface area contributed by atoms with Crippen molar-refractivity contribution in [3.8, 4) is 21.7 Å². The molecule has 4 heterocycles. The first-order valence-electron chi connectivity index (χ1n) is 18.0. The summed E-state index contributed by atoms with van der Waals surface area (Å²) >= 11 is 7.94. The van der Waals surface area contributed by atoms with E-state index in [0.717, 1.165) is 98.5 Å². The monoisotopic (exact) mass is 743 g/mol. The molecule has 0 radical (unpaired) electrons. The topological polar surface area (TPSA) is 110 Å². The first-order chi connectivity index (χ1) is 24.8. The van der Waals surface area contributed by atoms with E-state index in [1.807, 2.05) is 69.8 Å². The zero-order chi connectivity index (χ0) is 36.9. The van der Waals surface area contributed by atoms with Crippen molar-refractivity contribution in [3.05, 3.63) is 70.4 Å². The fourth-order valence-corrected chi connectivity index (χ4v) is 8.92. The summed E-state index contributed by atoms with van der Waals surface area (Å²) in [5.41, 5.74) is 6.88. The van der Waals surface area contributed by atoms with E-state index in [4.69, 9.17) is 31.2 Å². The number of thiazole rings is 1. The van der Waals surface area contributed by atoms with Gasteiger partial charge in [-0.1, -0.05) is 23.7 Å². The molecule has 52 heavy (non-hydrogen) atoms. The average Bonchev–Trinajstić information content (AvgIpc) is 3.65. The summed E-state index contributed by atoms with van der Waals surface area (Å²) in [6.45, 7) is 13.1. The van der Waals surface area contributed by atoms with Gasteiger partial charge < -0.3 is 24.4 Å². The van der Waals surface area contributed by atoms with E-state index in [9.17, 15) is 14.7 Å². The maximum Gasteiger partial charge on any atom is 0.407 e. The second-order valence-corrected chi connectivity index (χ2v) is 16.4. The van der Waals surface area contributed by atoms with Crippen LogP contribution in [0.5, 0.6) is 0 Å². The van der Waals surface area contributed by atoms with Gasteiger partial charge in [0.05, 0.1) is 33.6 Å². The molecule has 7 rings (SSSR count). The van der Waals surface area contributed by atoms with Crippen LogP contribution in [0.3, 0.4) is 0 Å². The molecule has 3 aromatic carbocycles. The molecular weight excluding hydrogens is 698 g/mol. The van der Waals surface area contributed by atoms with Crippen molar-refractivity contribution in [2.45, 2.75) is 77.5 Å². The van der Waals surface area contributed by atoms with Gasteiger partial charge >= 0.3 is 12.1 Å². The molecule has 1 amide bonds. The van der Waals surface area contributed by atoms with Crippen LogP contribution in [0.1, 0.15) is 75.8 Å². The van der Waals surface area contributed by atoms with Crippen LogP contribution in [0.4, 0.5) is 4.79 Å². The number of nitrogens with zero attached hydrogens (tertiary/aromatic N) is 5. The second-order valence-electron chi connectivity index (χ2n) is 15.0. The van der Waals surface area contributed by atoms with Crippen molar-refractivity contribution in [1.82, 2.24) is 24.6 Å². The number of aryl methyl sites for hydroxylation is 2. The number of halogens is 1. The number of carboxylic acid groups (broad SMARTS) is 1. The number of esters is 1. The van der Waals surface area contributed by atoms with Crippen LogP contribution < -0.4 is 0 Å². The van der Waals surface area contributed by atoms with E-state index in [2.05, 4.69) is 23.1 Å². The molecule has 274 valence electrons. The summed E-state index contributed by atoms with van der Waals surface area (Å²) in [4.78, 5) is 34.2. The predicted octanol–water partition coefficient (Wildman–Crippen LogP) is 8.83. The number of carbonyl (C=O) groups excluding carboxylic acids is 1. The third-order valence-corrected chi connectivity index (χ3v) is 11.6. The number of carbonyl (C=O) groups is 2. The van der Waals surface area contributed by atoms with Gasteiger partial charge in [-0.05, 0) is 114 Å². The summed E-state index contributed by atoms with van der Waals surface area (Å²) in [5, 5.41) is 17.1. The number of aromatic nitrogens is 3. The van der Waals surface area contributed by atoms with Gasteiger partial charge in [0.2, 0.25) is 0 Å². The highest BCUT2D eigenvalue weighted by Gasteiger charge is 2.36. The number of hydrogen-bond acceptors (Lipinski definition) is 8. The largest absolute Gasteiger partial charge is 0.465 e. The molecule has 2 aromatic heterocycles. The van der Waals surface area contributed by atoms with E-state index in [1.165, 1.54) is 0 Å². The Bertz CT molecular complexity index is 2130. The van der Waals surface area contributed by atoms with Crippen LogP contribution in [0, 0.1) is 6.92 Å². The molecule has 2 saturated heterocycles. The van der Waals surface area contributed by atoms with Crippen LogP contribution in [-0.2, 0) is 21.3 Å². The third-order valence-electron chi connectivity index (χ3n) is 10.3. The summed E-state index contributed by atoms with van der Waals surface area (Å²) in [6, 6.07) is 16.3. The lowest BCUT2D eigenvalue weighted by Gasteiger charge is -2.43. The summed E-state index contributed by atoms with van der Waals surface area (Å²) in [6.07, 6.45) is 1.13. The van der Waals surface area contributed by atoms with Crippen LogP contribution in [0.2, 0.25) is 5.02 Å². The van der Waals surface area contributed by atoms with Crippen molar-refractivity contribution in [3.63, 3.8) is 0 Å². The maximum absolute atomic E-state index is 13.6. The molecule has 0 bridgehead atoms. The summed E-state index contributed by atoms with van der Waals surface area (Å²) < 4.78 is 15.0. The molecule has 1 N–H and O–H groups in total. The Kier molecular flexibility index (Phi) is 10.1. The summed E-state index contributed by atoms with van der Waals surface area (Å²) in [5.74, 6) is -0.114. The van der Waals surface area contributed by atoms with E-state index in [-0.39, 0.29) is 12.6 Å². The number of hydrogen-bond donors (Lipinski definition) is 1. The minimum atomic E-state index is -0.939. The number of amides is 1. The molecular formula is C40H46ClN5O5S. The highest BCUT2D eigenvalue weighted by atomic mass is 35.5. The number of benzene rings is 3. The number of rotatable bonds is 9. The van der Waals surface area contributed by atoms with Crippen LogP contribution in [-0.4, -0.2) is 86.2 Å². The number of ether oxygens (including phenoxy) is 2. The van der Waals surface area contributed by atoms with E-state index in [0.29, 0.717) is 17.5 Å². The molecule has 12 heteroatoms. The predicted molar refractivity (Wildman–Crippen MR) is 206 cm³/mol. The van der Waals surface area contributed by atoms with E-state index in [1.54, 1.807) is 23.2 Å². The maximum atomic E-state index is 13.6. The van der Waals surface area contributed by atoms with Crippen molar-refractivity contribution in [2.24, 2.45) is 7.05 Å². The molecule has 2 aliphatic rings. The third kappa shape index (κ3) is 7.16. The average molecular weight is 744 g/mol. The molecule has 2 aliphatic heterocycles. The normalized spacial score (nSPS) is 17.8. The van der Waals surface area contributed by atoms with Gasteiger partial charge in [0, 0.05) is 59.2 Å². The Morgan fingerprint density at radius 3 is 2.38 bits per heavy atom. The zero-order valence-electron chi connectivity index (χ0n) is 30.6. The summed E-state index contributed by atoms with van der Waals surface area (Å²) in [7, 11) is 2.00. The minimum Gasteiger partial charge on any atom is -0.465 e. The zero-order valence-corrected chi connectivity index (χ0v) is 32.2. The van der Waals surface area contributed by atoms with Crippen molar-refractivity contribution in [2.75, 3.05) is 32.8 Å². The van der Waals surface area contributed by atoms with Gasteiger partial charge in [0.25, 0.3) is 0 Å². The lowest BCUT2D eigenvalue weighted by Crippen LogP contribution is -2.56. The number of piperidine rings is 1. The van der Waals surface area contributed by atoms with Gasteiger partial charge in [-0.15, -0.1) is 11.3 Å². The van der Waals surface area contributed by atoms with Crippen LogP contribution in [0.25, 0.3) is 42.8 Å². The Balaban J connectivity index is 1.26. The molecule has 0 saturated carbocycles. The van der Waals surface area contributed by atoms with Crippen molar-refractivity contribution >= 4 is 56.1 Å². The lowest BCUT2D eigenvalue weighted by atomic mass is 9.90. The van der Waals surface area contributed by atoms with Crippen LogP contribution in [0.15, 0.2) is 48.5 Å². The molecule has 2 atom stereocenters. The quantitative estimate of drug-likeness (QED) is 0.149. The van der Waals surface area contributed by atoms with Gasteiger partial charge in [0.1, 0.15) is 5.01 Å². The standard InChI is InChI=1S/C40H46ClN5O5S/c1-7-50-38(47)35(51-40(3,4)5)32-23(2)20-30-36(33(32)24-8-11-27(41)12-9-24)52-37(42-30)26-10-13-31-29(21-26)34(43-44(31)6)25-14-17-45(18-15-25)22-28-16-19-46(28)39(48)49/h8-13,20-21,25,28,35H,7,14-19,22H2,1-6H3,(H,48,49)/t28?,35-/m0/s1. The molecule has 5 aromatic rings. The Morgan fingerprint density at radius 2 is 1.75 bits per heavy atom. The molecule has 10 nitrogen and oxygen atoms in total. The van der Waals surface area contributed by atoms with Crippen molar-refractivity contribution in [1.29, 1.82) is 0 Å². The van der Waals surface area contributed by atoms with Gasteiger partial charge in [-0.3, -0.25) is 4.68 Å². The van der Waals surface area contributed by atoms with Gasteiger partial charge in [-0.2, -0.15) is 5.10 Å². The smallest absolute Gasteiger partial charge is 0.407 e. The SMILES string of the molecule is CCOC(=O)[C@@H](OC(C)(C)C)c1c(C)cc2nc(-c3ccc4c(c3)c(C3CCN(CC5CCN5C(=O)O)CC3)nn4C)sc2c1-c1ccc(Cl)cc1. The molecule has 2 fully saturated rings. The van der Waals surface area contributed by atoms with Gasteiger partial charge in [-0.25, -0.2) is 14.6 Å². The fourth-order valence-electron chi connectivity index (χ4n) is 7.67. The Morgan fingerprint density at radius 1 is 1.04 bits per heavy atom. The highest BCUT2D eigenvalue weighted by molar-refractivity contribution is 7.22. The van der Waals surface area contributed by atoms with E-state index >= 15 is 0 Å². The number of likely N-dealkylation sites (tertiary alicyclic amines) is 2. The van der Waals surface area contributed by atoms with Gasteiger partial charge in [0.15, 0.2) is 6.10 Å². The molecule has 0 spiro atoms. The Labute approximate surface area is 313 Å². The molecule has 0 aliphatic carbocycles. The highest BCUT2D eigenvalue weighted by Crippen LogP contribution is 2.45. The lowest BCUT2D eigenvalue weighted by molar-refractivity contribution is -0.166. The van der Waals surface area contributed by atoms with Crippen LogP contribution >= 0.6 is 22.9 Å². The van der Waals surface area contributed by atoms with E-state index < -0.39 is 23.8 Å². The fraction of sp³-hybridized carbons (Fsp3) is 0.450. The minimum absolute atomic E-state index is 0.100. The van der Waals surface area contributed by atoms with Crippen molar-refractivity contribution < 1.29 is 24.2 Å². The Hall–Kier alpha value is -4.03.